The number of hydrogen-bond donors (Lipinski definition) is 1. The predicted octanol–water partition coefficient (Wildman–Crippen LogP) is 3.64. The molecule has 1 N–H and O–H groups in total. The molecule has 0 amide bonds. The van der Waals surface area contributed by atoms with Crippen LogP contribution in [0.3, 0.4) is 0 Å². The summed E-state index contributed by atoms with van der Waals surface area (Å²) in [7, 11) is 0. The summed E-state index contributed by atoms with van der Waals surface area (Å²) in [4.78, 5) is 12.5. The number of nitrogens with one attached hydrogen (secondary N) is 1. The molecule has 2 aromatic rings. The van der Waals surface area contributed by atoms with E-state index in [0.717, 1.165) is 29.8 Å². The molecule has 0 fully saturated rings. The summed E-state index contributed by atoms with van der Waals surface area (Å²) in [5, 5.41) is 3.25. The van der Waals surface area contributed by atoms with Crippen molar-refractivity contribution in [3.63, 3.8) is 0 Å². The Hall–Kier alpha value is -2.16. The van der Waals surface area contributed by atoms with E-state index in [4.69, 9.17) is 0 Å². The van der Waals surface area contributed by atoms with Gasteiger partial charge in [0.25, 0.3) is 0 Å². The molecule has 0 aliphatic carbocycles. The van der Waals surface area contributed by atoms with Gasteiger partial charge >= 0.3 is 0 Å². The summed E-state index contributed by atoms with van der Waals surface area (Å²) in [6.07, 6.45) is 0.909. The molecule has 2 aromatic carbocycles. The molecular weight excluding hydrogens is 253 g/mol. The van der Waals surface area contributed by atoms with Gasteiger partial charge in [0.2, 0.25) is 0 Å². The number of ketones is 1. The molecule has 0 bridgehead atoms. The number of carbonyl (C=O) groups excluding carboxylic acids is 1. The van der Waals surface area contributed by atoms with E-state index in [1.807, 2.05) is 25.1 Å². The van der Waals surface area contributed by atoms with E-state index < -0.39 is 5.82 Å². The van der Waals surface area contributed by atoms with Gasteiger partial charge in [0.15, 0.2) is 5.78 Å². The quantitative estimate of drug-likeness (QED) is 0.843. The van der Waals surface area contributed by atoms with Crippen LogP contribution in [0.5, 0.6) is 0 Å². The van der Waals surface area contributed by atoms with Crippen molar-refractivity contribution in [2.75, 3.05) is 11.9 Å². The van der Waals surface area contributed by atoms with Crippen molar-refractivity contribution in [3.8, 4) is 0 Å². The first-order chi connectivity index (χ1) is 9.56. The second kappa shape index (κ2) is 4.75. The Morgan fingerprint density at radius 2 is 2.00 bits per heavy atom. The van der Waals surface area contributed by atoms with Gasteiger partial charge in [-0.1, -0.05) is 6.07 Å². The Kier molecular flexibility index (Phi) is 3.05. The van der Waals surface area contributed by atoms with Crippen molar-refractivity contribution in [2.45, 2.75) is 20.3 Å². The first kappa shape index (κ1) is 12.9. The van der Waals surface area contributed by atoms with Gasteiger partial charge in [0.1, 0.15) is 5.82 Å². The fourth-order valence-electron chi connectivity index (χ4n) is 2.79. The molecule has 0 aromatic heterocycles. The summed E-state index contributed by atoms with van der Waals surface area (Å²) in [5.74, 6) is -0.680. The number of aryl methyl sites for hydroxylation is 2. The molecule has 0 unspecified atom stereocenters. The van der Waals surface area contributed by atoms with Gasteiger partial charge in [-0.2, -0.15) is 0 Å². The minimum Gasteiger partial charge on any atom is -0.384 e. The van der Waals surface area contributed by atoms with Crippen molar-refractivity contribution in [3.05, 3.63) is 64.0 Å². The molecule has 1 aliphatic rings. The van der Waals surface area contributed by atoms with Crippen LogP contribution >= 0.6 is 0 Å². The van der Waals surface area contributed by atoms with Crippen LogP contribution in [0.2, 0.25) is 0 Å². The predicted molar refractivity (Wildman–Crippen MR) is 77.9 cm³/mol. The van der Waals surface area contributed by atoms with Crippen LogP contribution in [0.25, 0.3) is 0 Å². The van der Waals surface area contributed by atoms with Gasteiger partial charge in [-0.25, -0.2) is 4.39 Å². The lowest BCUT2D eigenvalue weighted by molar-refractivity contribution is 0.103. The third-order valence-electron chi connectivity index (χ3n) is 3.74. The molecule has 0 saturated heterocycles. The molecule has 3 rings (SSSR count). The number of hydrogen-bond acceptors (Lipinski definition) is 2. The van der Waals surface area contributed by atoms with Gasteiger partial charge in [-0.3, -0.25) is 4.79 Å². The van der Waals surface area contributed by atoms with Gasteiger partial charge in [-0.05, 0) is 61.2 Å². The van der Waals surface area contributed by atoms with E-state index in [-0.39, 0.29) is 11.3 Å². The number of carbonyl (C=O) groups is 1. The topological polar surface area (TPSA) is 29.1 Å². The first-order valence-electron chi connectivity index (χ1n) is 6.74. The Balaban J connectivity index is 2.05. The molecule has 0 radical (unpaired) electrons. The zero-order chi connectivity index (χ0) is 14.3. The molecule has 0 saturated carbocycles. The van der Waals surface area contributed by atoms with Gasteiger partial charge < -0.3 is 5.32 Å². The summed E-state index contributed by atoms with van der Waals surface area (Å²) >= 11 is 0. The van der Waals surface area contributed by atoms with Crippen LogP contribution in [-0.2, 0) is 6.42 Å². The van der Waals surface area contributed by atoms with Crippen LogP contribution in [0, 0.1) is 19.7 Å². The molecule has 102 valence electrons. The number of benzene rings is 2. The van der Waals surface area contributed by atoms with E-state index >= 15 is 0 Å². The van der Waals surface area contributed by atoms with E-state index in [9.17, 15) is 9.18 Å². The Labute approximate surface area is 117 Å². The van der Waals surface area contributed by atoms with Gasteiger partial charge in [0, 0.05) is 17.8 Å². The number of halogens is 1. The maximum atomic E-state index is 14.1. The number of fused-ring (bicyclic) bond motifs is 1. The van der Waals surface area contributed by atoms with Crippen LogP contribution in [0.4, 0.5) is 10.1 Å². The Morgan fingerprint density at radius 3 is 2.75 bits per heavy atom. The summed E-state index contributed by atoms with van der Waals surface area (Å²) in [6, 6.07) is 8.78. The molecule has 1 aliphatic heterocycles. The van der Waals surface area contributed by atoms with Crippen molar-refractivity contribution in [1.82, 2.24) is 0 Å². The summed E-state index contributed by atoms with van der Waals surface area (Å²) < 4.78 is 14.1. The fraction of sp³-hybridized carbons (Fsp3) is 0.235. The highest BCUT2D eigenvalue weighted by atomic mass is 19.1. The van der Waals surface area contributed by atoms with Crippen molar-refractivity contribution in [2.24, 2.45) is 0 Å². The van der Waals surface area contributed by atoms with Crippen LogP contribution in [-0.4, -0.2) is 12.3 Å². The smallest absolute Gasteiger partial charge is 0.196 e. The Bertz CT molecular complexity index is 683. The molecule has 1 heterocycles. The number of rotatable bonds is 2. The largest absolute Gasteiger partial charge is 0.384 e. The normalized spacial score (nSPS) is 12.9. The summed E-state index contributed by atoms with van der Waals surface area (Å²) in [6.45, 7) is 4.49. The standard InChI is InChI=1S/C17H16FNO/c1-10-7-11(2)16(14(18)8-10)17(20)13-3-4-15-12(9-13)5-6-19-15/h3-4,7-9,19H,5-6H2,1-2H3. The average molecular weight is 269 g/mol. The van der Waals surface area contributed by atoms with E-state index in [2.05, 4.69) is 5.32 Å². The third-order valence-corrected chi connectivity index (χ3v) is 3.74. The van der Waals surface area contributed by atoms with E-state index in [0.29, 0.717) is 11.1 Å². The van der Waals surface area contributed by atoms with Crippen molar-refractivity contribution < 1.29 is 9.18 Å². The molecule has 0 spiro atoms. The SMILES string of the molecule is Cc1cc(C)c(C(=O)c2ccc3c(c2)CCN3)c(F)c1. The first-order valence-corrected chi connectivity index (χ1v) is 6.74. The molecule has 2 nitrogen and oxygen atoms in total. The average Bonchev–Trinajstić information content (AvgIpc) is 2.84. The van der Waals surface area contributed by atoms with Gasteiger partial charge in [-0.15, -0.1) is 0 Å². The molecular formula is C17H16FNO. The zero-order valence-electron chi connectivity index (χ0n) is 11.6. The minimum absolute atomic E-state index is 0.182. The minimum atomic E-state index is -0.439. The van der Waals surface area contributed by atoms with E-state index in [1.165, 1.54) is 6.07 Å². The number of anilines is 1. The lowest BCUT2D eigenvalue weighted by atomic mass is 9.95. The fourth-order valence-corrected chi connectivity index (χ4v) is 2.79. The highest BCUT2D eigenvalue weighted by Gasteiger charge is 2.19. The Morgan fingerprint density at radius 1 is 1.20 bits per heavy atom. The zero-order valence-corrected chi connectivity index (χ0v) is 11.6. The third kappa shape index (κ3) is 2.09. The molecule has 3 heteroatoms. The maximum Gasteiger partial charge on any atom is 0.196 e. The second-order valence-electron chi connectivity index (χ2n) is 5.32. The maximum absolute atomic E-state index is 14.1. The molecule has 20 heavy (non-hydrogen) atoms. The van der Waals surface area contributed by atoms with Crippen molar-refractivity contribution >= 4 is 11.5 Å². The van der Waals surface area contributed by atoms with Crippen LogP contribution < -0.4 is 5.32 Å². The second-order valence-corrected chi connectivity index (χ2v) is 5.32. The van der Waals surface area contributed by atoms with Gasteiger partial charge in [0.05, 0.1) is 5.56 Å². The lowest BCUT2D eigenvalue weighted by Crippen LogP contribution is -2.07. The van der Waals surface area contributed by atoms with E-state index in [1.54, 1.807) is 13.0 Å². The monoisotopic (exact) mass is 269 g/mol. The molecule has 0 atom stereocenters. The van der Waals surface area contributed by atoms with Crippen molar-refractivity contribution in [1.29, 1.82) is 0 Å². The highest BCUT2D eigenvalue weighted by Crippen LogP contribution is 2.26. The highest BCUT2D eigenvalue weighted by molar-refractivity contribution is 6.10. The summed E-state index contributed by atoms with van der Waals surface area (Å²) in [5.41, 5.74) is 4.45. The lowest BCUT2D eigenvalue weighted by Gasteiger charge is -2.09. The van der Waals surface area contributed by atoms with Crippen LogP contribution in [0.15, 0.2) is 30.3 Å². The van der Waals surface area contributed by atoms with Crippen LogP contribution in [0.1, 0.15) is 32.6 Å².